The normalized spacial score (nSPS) is 21.6. The van der Waals surface area contributed by atoms with Crippen molar-refractivity contribution in [1.82, 2.24) is 19.7 Å². The van der Waals surface area contributed by atoms with Gasteiger partial charge in [-0.25, -0.2) is 0 Å². The van der Waals surface area contributed by atoms with E-state index < -0.39 is 0 Å². The van der Waals surface area contributed by atoms with Crippen LogP contribution in [0.15, 0.2) is 22.8 Å². The summed E-state index contributed by atoms with van der Waals surface area (Å²) in [5.74, 6) is 2.39. The van der Waals surface area contributed by atoms with Crippen LogP contribution < -0.4 is 0 Å². The van der Waals surface area contributed by atoms with Gasteiger partial charge in [-0.05, 0) is 37.8 Å². The molecule has 6 heteroatoms. The van der Waals surface area contributed by atoms with Crippen LogP contribution in [0.1, 0.15) is 60.3 Å². The molecule has 4 heterocycles. The predicted molar refractivity (Wildman–Crippen MR) is 79.3 cm³/mol. The molecule has 1 saturated heterocycles. The molecule has 0 aliphatic carbocycles. The largest absolute Gasteiger partial charge is 0.459 e. The van der Waals surface area contributed by atoms with Gasteiger partial charge in [0.1, 0.15) is 5.82 Å². The summed E-state index contributed by atoms with van der Waals surface area (Å²) in [5, 5.41) is 8.79. The standard InChI is InChI=1S/C16H20N4O2/c21-16(13-7-5-11-22-13)19-10-4-6-12(19)15-18-17-14-8-2-1-3-9-20(14)15/h5,7,11-12H,1-4,6,8-10H2. The Kier molecular flexibility index (Phi) is 3.44. The number of aryl methyl sites for hydroxylation is 1. The van der Waals surface area contributed by atoms with Gasteiger partial charge in [0.15, 0.2) is 11.6 Å². The highest BCUT2D eigenvalue weighted by atomic mass is 16.3. The third kappa shape index (κ3) is 2.23. The van der Waals surface area contributed by atoms with Crippen molar-refractivity contribution in [3.8, 4) is 0 Å². The summed E-state index contributed by atoms with van der Waals surface area (Å²) in [6.45, 7) is 1.73. The van der Waals surface area contributed by atoms with Gasteiger partial charge in [0.2, 0.25) is 0 Å². The Morgan fingerprint density at radius 1 is 1.18 bits per heavy atom. The minimum absolute atomic E-state index is 0.0250. The molecular weight excluding hydrogens is 280 g/mol. The number of hydrogen-bond acceptors (Lipinski definition) is 4. The Morgan fingerprint density at radius 2 is 2.14 bits per heavy atom. The van der Waals surface area contributed by atoms with E-state index in [2.05, 4.69) is 14.8 Å². The molecule has 0 saturated carbocycles. The second-order valence-electron chi connectivity index (χ2n) is 6.07. The zero-order chi connectivity index (χ0) is 14.9. The molecule has 0 aromatic carbocycles. The average Bonchev–Trinajstić information content (AvgIpc) is 3.24. The maximum Gasteiger partial charge on any atom is 0.290 e. The summed E-state index contributed by atoms with van der Waals surface area (Å²) >= 11 is 0. The molecular formula is C16H20N4O2. The van der Waals surface area contributed by atoms with Crippen molar-refractivity contribution in [3.05, 3.63) is 35.8 Å². The fourth-order valence-electron chi connectivity index (χ4n) is 3.57. The Bertz CT molecular complexity index is 662. The van der Waals surface area contributed by atoms with Gasteiger partial charge in [-0.15, -0.1) is 10.2 Å². The lowest BCUT2D eigenvalue weighted by molar-refractivity contribution is 0.0694. The number of carbonyl (C=O) groups excluding carboxylic acids is 1. The van der Waals surface area contributed by atoms with Crippen LogP contribution in [-0.4, -0.2) is 32.1 Å². The smallest absolute Gasteiger partial charge is 0.290 e. The molecule has 1 amide bonds. The molecule has 1 unspecified atom stereocenters. The number of hydrogen-bond donors (Lipinski definition) is 0. The first-order chi connectivity index (χ1) is 10.8. The molecule has 1 atom stereocenters. The van der Waals surface area contributed by atoms with Gasteiger partial charge in [0.25, 0.3) is 5.91 Å². The van der Waals surface area contributed by atoms with Crippen LogP contribution in [0.2, 0.25) is 0 Å². The maximum absolute atomic E-state index is 12.6. The molecule has 2 aromatic rings. The van der Waals surface area contributed by atoms with E-state index in [0.717, 1.165) is 50.4 Å². The molecule has 0 radical (unpaired) electrons. The first-order valence-corrected chi connectivity index (χ1v) is 8.11. The van der Waals surface area contributed by atoms with Crippen molar-refractivity contribution < 1.29 is 9.21 Å². The van der Waals surface area contributed by atoms with Gasteiger partial charge < -0.3 is 13.9 Å². The highest BCUT2D eigenvalue weighted by Gasteiger charge is 2.35. The second-order valence-corrected chi connectivity index (χ2v) is 6.07. The van der Waals surface area contributed by atoms with Gasteiger partial charge in [-0.2, -0.15) is 0 Å². The van der Waals surface area contributed by atoms with E-state index >= 15 is 0 Å². The van der Waals surface area contributed by atoms with Gasteiger partial charge in [-0.3, -0.25) is 4.79 Å². The fourth-order valence-corrected chi connectivity index (χ4v) is 3.57. The average molecular weight is 300 g/mol. The number of aromatic nitrogens is 3. The summed E-state index contributed by atoms with van der Waals surface area (Å²) in [7, 11) is 0. The molecule has 2 aliphatic heterocycles. The predicted octanol–water partition coefficient (Wildman–Crippen LogP) is 2.57. The van der Waals surface area contributed by atoms with Crippen LogP contribution in [0.25, 0.3) is 0 Å². The summed E-state index contributed by atoms with van der Waals surface area (Å²) in [5.41, 5.74) is 0. The first kappa shape index (κ1) is 13.5. The van der Waals surface area contributed by atoms with E-state index in [-0.39, 0.29) is 11.9 Å². The number of furan rings is 1. The summed E-state index contributed by atoms with van der Waals surface area (Å²) in [4.78, 5) is 14.5. The first-order valence-electron chi connectivity index (χ1n) is 8.11. The fraction of sp³-hybridized carbons (Fsp3) is 0.562. The van der Waals surface area contributed by atoms with E-state index in [9.17, 15) is 4.79 Å². The van der Waals surface area contributed by atoms with Crippen molar-refractivity contribution in [1.29, 1.82) is 0 Å². The monoisotopic (exact) mass is 300 g/mol. The topological polar surface area (TPSA) is 64.2 Å². The molecule has 116 valence electrons. The molecule has 22 heavy (non-hydrogen) atoms. The van der Waals surface area contributed by atoms with E-state index in [0.29, 0.717) is 5.76 Å². The van der Waals surface area contributed by atoms with Crippen molar-refractivity contribution in [2.75, 3.05) is 6.54 Å². The van der Waals surface area contributed by atoms with Crippen LogP contribution in [0.5, 0.6) is 0 Å². The molecule has 0 bridgehead atoms. The van der Waals surface area contributed by atoms with Crippen molar-refractivity contribution >= 4 is 5.91 Å². The minimum atomic E-state index is -0.0431. The summed E-state index contributed by atoms with van der Waals surface area (Å²) in [6.07, 6.45) is 8.06. The molecule has 0 N–H and O–H groups in total. The third-order valence-corrected chi connectivity index (χ3v) is 4.68. The third-order valence-electron chi connectivity index (χ3n) is 4.68. The van der Waals surface area contributed by atoms with E-state index in [1.54, 1.807) is 18.4 Å². The summed E-state index contributed by atoms with van der Waals surface area (Å²) in [6, 6.07) is 3.50. The van der Waals surface area contributed by atoms with E-state index in [1.807, 2.05) is 4.90 Å². The molecule has 4 rings (SSSR count). The van der Waals surface area contributed by atoms with Crippen LogP contribution >= 0.6 is 0 Å². The number of carbonyl (C=O) groups is 1. The van der Waals surface area contributed by atoms with Crippen molar-refractivity contribution in [2.45, 2.75) is 51.1 Å². The minimum Gasteiger partial charge on any atom is -0.459 e. The highest BCUT2D eigenvalue weighted by molar-refractivity contribution is 5.91. The second kappa shape index (κ2) is 5.59. The summed E-state index contributed by atoms with van der Waals surface area (Å²) < 4.78 is 7.51. The van der Waals surface area contributed by atoms with Crippen LogP contribution in [0.3, 0.4) is 0 Å². The van der Waals surface area contributed by atoms with Gasteiger partial charge in [0, 0.05) is 19.5 Å². The van der Waals surface area contributed by atoms with E-state index in [4.69, 9.17) is 4.42 Å². The number of likely N-dealkylation sites (tertiary alicyclic amines) is 1. The van der Waals surface area contributed by atoms with Crippen LogP contribution in [-0.2, 0) is 13.0 Å². The van der Waals surface area contributed by atoms with Crippen LogP contribution in [0, 0.1) is 0 Å². The Labute approximate surface area is 129 Å². The Balaban J connectivity index is 1.64. The van der Waals surface area contributed by atoms with Gasteiger partial charge in [-0.1, -0.05) is 6.42 Å². The van der Waals surface area contributed by atoms with Crippen molar-refractivity contribution in [3.63, 3.8) is 0 Å². The number of amides is 1. The zero-order valence-electron chi connectivity index (χ0n) is 12.6. The molecule has 2 aliphatic rings. The Hall–Kier alpha value is -2.11. The highest BCUT2D eigenvalue weighted by Crippen LogP contribution is 2.33. The van der Waals surface area contributed by atoms with Crippen molar-refractivity contribution in [2.24, 2.45) is 0 Å². The number of nitrogens with zero attached hydrogens (tertiary/aromatic N) is 4. The quantitative estimate of drug-likeness (QED) is 0.855. The number of rotatable bonds is 2. The van der Waals surface area contributed by atoms with Gasteiger partial charge >= 0.3 is 0 Å². The van der Waals surface area contributed by atoms with Gasteiger partial charge in [0.05, 0.1) is 12.3 Å². The lowest BCUT2D eigenvalue weighted by atomic mass is 10.2. The molecule has 2 aromatic heterocycles. The lowest BCUT2D eigenvalue weighted by Crippen LogP contribution is -2.32. The molecule has 6 nitrogen and oxygen atoms in total. The zero-order valence-corrected chi connectivity index (χ0v) is 12.6. The van der Waals surface area contributed by atoms with Crippen LogP contribution in [0.4, 0.5) is 0 Å². The number of fused-ring (bicyclic) bond motifs is 1. The Morgan fingerprint density at radius 3 is 3.00 bits per heavy atom. The molecule has 0 spiro atoms. The SMILES string of the molecule is O=C(c1ccco1)N1CCCC1c1nnc2n1CCCCC2. The van der Waals surface area contributed by atoms with E-state index in [1.165, 1.54) is 12.8 Å². The lowest BCUT2D eigenvalue weighted by Gasteiger charge is -2.23. The maximum atomic E-state index is 12.6. The molecule has 1 fully saturated rings.